The minimum atomic E-state index is -3.67. The third kappa shape index (κ3) is 4.32. The minimum Gasteiger partial charge on any atom is -0.308 e. The SMILES string of the molecule is CC1(C)COP(=O)(OP2(=S)OCC(C)(C)CO2)OC1. The van der Waals surface area contributed by atoms with Crippen molar-refractivity contribution in [3.05, 3.63) is 0 Å². The van der Waals surface area contributed by atoms with Crippen molar-refractivity contribution in [2.45, 2.75) is 27.7 Å². The van der Waals surface area contributed by atoms with Gasteiger partial charge in [0.05, 0.1) is 26.4 Å². The lowest BCUT2D eigenvalue weighted by atomic mass is 9.97. The summed E-state index contributed by atoms with van der Waals surface area (Å²) in [5.74, 6) is 0. The maximum Gasteiger partial charge on any atom is 0.482 e. The summed E-state index contributed by atoms with van der Waals surface area (Å²) in [5.41, 5.74) is -0.322. The smallest absolute Gasteiger partial charge is 0.308 e. The van der Waals surface area contributed by atoms with E-state index in [2.05, 4.69) is 0 Å². The molecule has 2 fully saturated rings. The molecule has 0 radical (unpaired) electrons. The standard InChI is InChI=1S/C10H20O6P2S/c1-9(2)5-12-17(11,13-6-9)16-18(19)14-7-10(3,4)8-15-18/h5-8H2,1-4H3. The highest BCUT2D eigenvalue weighted by Crippen LogP contribution is 2.69. The molecule has 0 aromatic heterocycles. The molecule has 0 aromatic carbocycles. The molecule has 2 heterocycles. The third-order valence-corrected chi connectivity index (χ3v) is 7.27. The summed E-state index contributed by atoms with van der Waals surface area (Å²) in [6, 6.07) is 0. The van der Waals surface area contributed by atoms with Crippen LogP contribution in [-0.2, 0) is 38.8 Å². The average molecular weight is 330 g/mol. The van der Waals surface area contributed by atoms with Crippen LogP contribution >= 0.6 is 14.5 Å². The van der Waals surface area contributed by atoms with Gasteiger partial charge < -0.3 is 9.05 Å². The molecule has 0 bridgehead atoms. The van der Waals surface area contributed by atoms with Gasteiger partial charge in [-0.2, -0.15) is 0 Å². The zero-order valence-electron chi connectivity index (χ0n) is 11.6. The van der Waals surface area contributed by atoms with Crippen molar-refractivity contribution >= 4 is 26.3 Å². The predicted molar refractivity (Wildman–Crippen MR) is 74.3 cm³/mol. The molecule has 112 valence electrons. The summed E-state index contributed by atoms with van der Waals surface area (Å²) in [6.07, 6.45) is 0. The van der Waals surface area contributed by atoms with E-state index in [0.29, 0.717) is 13.2 Å². The summed E-state index contributed by atoms with van der Waals surface area (Å²) in [7, 11) is -3.67. The van der Waals surface area contributed by atoms with Crippen molar-refractivity contribution in [1.29, 1.82) is 0 Å². The Morgan fingerprint density at radius 3 is 1.68 bits per heavy atom. The average Bonchev–Trinajstić information content (AvgIpc) is 2.29. The monoisotopic (exact) mass is 330 g/mol. The summed E-state index contributed by atoms with van der Waals surface area (Å²) < 4.78 is 38.9. The van der Waals surface area contributed by atoms with Crippen LogP contribution in [0.5, 0.6) is 0 Å². The second kappa shape index (κ2) is 5.15. The molecule has 0 atom stereocenters. The van der Waals surface area contributed by atoms with Crippen LogP contribution in [0, 0.1) is 10.8 Å². The van der Waals surface area contributed by atoms with Crippen LogP contribution in [0.25, 0.3) is 0 Å². The Morgan fingerprint density at radius 2 is 1.26 bits per heavy atom. The van der Waals surface area contributed by atoms with E-state index in [1.54, 1.807) is 0 Å². The maximum absolute atomic E-state index is 12.3. The molecule has 0 aliphatic carbocycles. The van der Waals surface area contributed by atoms with Gasteiger partial charge in [-0.05, 0) is 11.8 Å². The first-order chi connectivity index (χ1) is 8.54. The molecule has 2 aliphatic heterocycles. The van der Waals surface area contributed by atoms with Gasteiger partial charge in [0.15, 0.2) is 0 Å². The van der Waals surface area contributed by atoms with E-state index in [-0.39, 0.29) is 24.0 Å². The van der Waals surface area contributed by atoms with Crippen LogP contribution in [-0.4, -0.2) is 26.4 Å². The molecule has 2 rings (SSSR count). The van der Waals surface area contributed by atoms with Gasteiger partial charge in [-0.25, -0.2) is 8.88 Å². The highest BCUT2D eigenvalue weighted by molar-refractivity contribution is 8.09. The van der Waals surface area contributed by atoms with Gasteiger partial charge in [0.25, 0.3) is 0 Å². The van der Waals surface area contributed by atoms with Gasteiger partial charge in [0.2, 0.25) is 0 Å². The lowest BCUT2D eigenvalue weighted by molar-refractivity contribution is 0.000639. The van der Waals surface area contributed by atoms with E-state index < -0.39 is 14.5 Å². The van der Waals surface area contributed by atoms with Gasteiger partial charge >= 0.3 is 14.5 Å². The molecule has 0 N–H and O–H groups in total. The predicted octanol–water partition coefficient (Wildman–Crippen LogP) is 3.48. The Kier molecular flexibility index (Phi) is 4.35. The Morgan fingerprint density at radius 1 is 0.895 bits per heavy atom. The van der Waals surface area contributed by atoms with Crippen molar-refractivity contribution in [2.75, 3.05) is 26.4 Å². The second-order valence-corrected chi connectivity index (χ2v) is 11.2. The molecule has 0 spiro atoms. The highest BCUT2D eigenvalue weighted by Gasteiger charge is 2.45. The Bertz CT molecular complexity index is 381. The second-order valence-electron chi connectivity index (χ2n) is 6.40. The number of hydrogen-bond acceptors (Lipinski definition) is 7. The summed E-state index contributed by atoms with van der Waals surface area (Å²) >= 11 is 5.18. The van der Waals surface area contributed by atoms with Crippen LogP contribution in [0.1, 0.15) is 27.7 Å². The number of phosphoric acid groups is 1. The number of hydrogen-bond donors (Lipinski definition) is 0. The fourth-order valence-electron chi connectivity index (χ4n) is 1.39. The van der Waals surface area contributed by atoms with Gasteiger partial charge in [-0.1, -0.05) is 27.7 Å². The van der Waals surface area contributed by atoms with E-state index in [4.69, 9.17) is 34.2 Å². The van der Waals surface area contributed by atoms with Crippen molar-refractivity contribution in [2.24, 2.45) is 10.8 Å². The van der Waals surface area contributed by atoms with E-state index in [0.717, 1.165) is 0 Å². The van der Waals surface area contributed by atoms with Crippen molar-refractivity contribution < 1.29 is 27.0 Å². The molecular formula is C10H20O6P2S. The van der Waals surface area contributed by atoms with Gasteiger partial charge in [0.1, 0.15) is 0 Å². The summed E-state index contributed by atoms with van der Waals surface area (Å²) in [5, 5.41) is 0. The molecule has 0 unspecified atom stereocenters. The molecule has 6 nitrogen and oxygen atoms in total. The van der Waals surface area contributed by atoms with E-state index in [9.17, 15) is 4.57 Å². The Labute approximate surface area is 119 Å². The van der Waals surface area contributed by atoms with Crippen LogP contribution in [0.2, 0.25) is 0 Å². The van der Waals surface area contributed by atoms with Crippen LogP contribution in [0.15, 0.2) is 0 Å². The van der Waals surface area contributed by atoms with Crippen molar-refractivity contribution in [1.82, 2.24) is 0 Å². The third-order valence-electron chi connectivity index (χ3n) is 2.65. The normalized spacial score (nSPS) is 31.8. The van der Waals surface area contributed by atoms with E-state index >= 15 is 0 Å². The Hall–Kier alpha value is 0.680. The summed E-state index contributed by atoms with van der Waals surface area (Å²) in [6.45, 7) is 6.19. The lowest BCUT2D eigenvalue weighted by Crippen LogP contribution is -2.31. The molecule has 2 saturated heterocycles. The fraction of sp³-hybridized carbons (Fsp3) is 1.00. The molecule has 0 amide bonds. The highest BCUT2D eigenvalue weighted by atomic mass is 32.5. The summed E-state index contributed by atoms with van der Waals surface area (Å²) in [4.78, 5) is 0. The molecular weight excluding hydrogens is 310 g/mol. The molecule has 9 heteroatoms. The first-order valence-corrected chi connectivity index (χ1v) is 10.0. The van der Waals surface area contributed by atoms with Gasteiger partial charge in [-0.3, -0.25) is 9.05 Å². The quantitative estimate of drug-likeness (QED) is 0.718. The maximum atomic E-state index is 12.3. The van der Waals surface area contributed by atoms with Crippen LogP contribution in [0.4, 0.5) is 0 Å². The topological polar surface area (TPSA) is 63.2 Å². The Balaban J connectivity index is 1.98. The van der Waals surface area contributed by atoms with Gasteiger partial charge in [0, 0.05) is 10.8 Å². The number of rotatable bonds is 2. The zero-order valence-corrected chi connectivity index (χ0v) is 14.2. The fourth-order valence-corrected chi connectivity index (χ4v) is 6.35. The van der Waals surface area contributed by atoms with E-state index in [1.165, 1.54) is 0 Å². The van der Waals surface area contributed by atoms with Crippen molar-refractivity contribution in [3.63, 3.8) is 0 Å². The molecule has 2 aliphatic rings. The molecule has 0 aromatic rings. The number of phosphoric ester groups is 1. The van der Waals surface area contributed by atoms with Gasteiger partial charge in [-0.15, -0.1) is 0 Å². The first kappa shape index (κ1) is 16.1. The zero-order chi connectivity index (χ0) is 14.4. The minimum absolute atomic E-state index is 0.129. The first-order valence-electron chi connectivity index (χ1n) is 6.03. The van der Waals surface area contributed by atoms with Crippen LogP contribution < -0.4 is 0 Å². The van der Waals surface area contributed by atoms with E-state index in [1.807, 2.05) is 27.7 Å². The van der Waals surface area contributed by atoms with Crippen molar-refractivity contribution in [3.8, 4) is 0 Å². The molecule has 0 saturated carbocycles. The lowest BCUT2D eigenvalue weighted by Gasteiger charge is -2.38. The molecule has 19 heavy (non-hydrogen) atoms. The van der Waals surface area contributed by atoms with Crippen LogP contribution in [0.3, 0.4) is 0 Å². The largest absolute Gasteiger partial charge is 0.482 e.